The van der Waals surface area contributed by atoms with Crippen LogP contribution in [0, 0.1) is 0 Å². The van der Waals surface area contributed by atoms with Gasteiger partial charge in [-0.3, -0.25) is 4.79 Å². The molecule has 1 aliphatic rings. The van der Waals surface area contributed by atoms with E-state index in [0.717, 1.165) is 25.7 Å². The van der Waals surface area contributed by atoms with E-state index in [9.17, 15) is 39.6 Å². The smallest absolute Gasteiger partial charge is 0.416 e. The number of ether oxygens (including phenoxy) is 1. The van der Waals surface area contributed by atoms with E-state index >= 15 is 0 Å². The maximum absolute atomic E-state index is 12.9. The van der Waals surface area contributed by atoms with Crippen LogP contribution in [0.4, 0.5) is 32.0 Å². The number of hydrogen-bond donors (Lipinski definition) is 2. The van der Waals surface area contributed by atoms with E-state index < -0.39 is 51.7 Å². The SMILES string of the molecule is O=C(COc1ccc(S(=O)(=O)NC2CCCC2)cc1)Nc1cc(C(F)(F)F)cc(C(F)(F)F)c1. The average Bonchev–Trinajstić information content (AvgIpc) is 3.23. The lowest BCUT2D eigenvalue weighted by atomic mass is 10.1. The molecule has 0 aromatic heterocycles. The molecule has 1 saturated carbocycles. The minimum Gasteiger partial charge on any atom is -0.484 e. The van der Waals surface area contributed by atoms with Gasteiger partial charge in [0, 0.05) is 11.7 Å². The average molecular weight is 510 g/mol. The van der Waals surface area contributed by atoms with E-state index in [4.69, 9.17) is 4.74 Å². The van der Waals surface area contributed by atoms with Crippen LogP contribution in [0.15, 0.2) is 47.4 Å². The fraction of sp³-hybridized carbons (Fsp3) is 0.381. The fourth-order valence-corrected chi connectivity index (χ4v) is 4.72. The Hall–Kier alpha value is -2.80. The summed E-state index contributed by atoms with van der Waals surface area (Å²) in [6.45, 7) is -0.732. The van der Waals surface area contributed by atoms with Crippen LogP contribution in [0.3, 0.4) is 0 Å². The molecular weight excluding hydrogens is 490 g/mol. The molecule has 0 bridgehead atoms. The van der Waals surface area contributed by atoms with Crippen molar-refractivity contribution < 1.29 is 44.3 Å². The summed E-state index contributed by atoms with van der Waals surface area (Å²) in [4.78, 5) is 12.0. The third-order valence-corrected chi connectivity index (χ3v) is 6.59. The third kappa shape index (κ3) is 6.86. The summed E-state index contributed by atoms with van der Waals surface area (Å²) in [6, 6.07) is 5.65. The first kappa shape index (κ1) is 25.8. The molecule has 2 aromatic rings. The van der Waals surface area contributed by atoms with E-state index in [2.05, 4.69) is 4.72 Å². The van der Waals surface area contributed by atoms with Crippen molar-refractivity contribution in [1.29, 1.82) is 0 Å². The van der Waals surface area contributed by atoms with Crippen molar-refractivity contribution in [3.05, 3.63) is 53.6 Å². The van der Waals surface area contributed by atoms with Crippen LogP contribution in [0.1, 0.15) is 36.8 Å². The number of sulfonamides is 1. The monoisotopic (exact) mass is 510 g/mol. The van der Waals surface area contributed by atoms with Crippen LogP contribution in [-0.2, 0) is 27.2 Å². The largest absolute Gasteiger partial charge is 0.484 e. The van der Waals surface area contributed by atoms with Gasteiger partial charge in [0.2, 0.25) is 10.0 Å². The summed E-state index contributed by atoms with van der Waals surface area (Å²) >= 11 is 0. The van der Waals surface area contributed by atoms with Crippen LogP contribution in [-0.4, -0.2) is 27.0 Å². The lowest BCUT2D eigenvalue weighted by Gasteiger charge is -2.15. The molecule has 1 amide bonds. The van der Waals surface area contributed by atoms with Gasteiger partial charge in [-0.2, -0.15) is 26.3 Å². The predicted octanol–water partition coefficient (Wildman–Crippen LogP) is 4.96. The number of amides is 1. The predicted molar refractivity (Wildman–Crippen MR) is 110 cm³/mol. The third-order valence-electron chi connectivity index (χ3n) is 5.05. The first-order valence-electron chi connectivity index (χ1n) is 10.1. The number of rotatable bonds is 7. The van der Waals surface area contributed by atoms with Gasteiger partial charge in [-0.25, -0.2) is 13.1 Å². The zero-order chi connectivity index (χ0) is 25.1. The first-order valence-corrected chi connectivity index (χ1v) is 11.6. The lowest BCUT2D eigenvalue weighted by Crippen LogP contribution is -2.32. The molecule has 13 heteroatoms. The van der Waals surface area contributed by atoms with Crippen molar-refractivity contribution in [2.24, 2.45) is 0 Å². The van der Waals surface area contributed by atoms with Crippen molar-refractivity contribution in [3.63, 3.8) is 0 Å². The Labute approximate surface area is 191 Å². The van der Waals surface area contributed by atoms with Crippen LogP contribution in [0.25, 0.3) is 0 Å². The molecule has 0 heterocycles. The molecule has 0 radical (unpaired) electrons. The highest BCUT2D eigenvalue weighted by Crippen LogP contribution is 2.37. The molecule has 2 N–H and O–H groups in total. The minimum atomic E-state index is -5.05. The number of hydrogen-bond acceptors (Lipinski definition) is 4. The molecule has 0 unspecified atom stereocenters. The molecule has 34 heavy (non-hydrogen) atoms. The van der Waals surface area contributed by atoms with Crippen LogP contribution in [0.2, 0.25) is 0 Å². The van der Waals surface area contributed by atoms with Gasteiger partial charge in [0.25, 0.3) is 5.91 Å². The second-order valence-corrected chi connectivity index (χ2v) is 9.42. The van der Waals surface area contributed by atoms with Crippen molar-refractivity contribution >= 4 is 21.6 Å². The highest BCUT2D eigenvalue weighted by Gasteiger charge is 2.37. The molecule has 0 saturated heterocycles. The number of halogens is 6. The zero-order valence-electron chi connectivity index (χ0n) is 17.5. The summed E-state index contributed by atoms with van der Waals surface area (Å²) in [5.74, 6) is -0.929. The molecule has 0 atom stereocenters. The molecule has 1 aliphatic carbocycles. The van der Waals surface area contributed by atoms with Crippen molar-refractivity contribution in [2.75, 3.05) is 11.9 Å². The molecule has 1 fully saturated rings. The van der Waals surface area contributed by atoms with Gasteiger partial charge in [0.1, 0.15) is 5.75 Å². The Morgan fingerprint density at radius 2 is 1.44 bits per heavy atom. The van der Waals surface area contributed by atoms with Crippen LogP contribution < -0.4 is 14.8 Å². The zero-order valence-corrected chi connectivity index (χ0v) is 18.3. The molecule has 0 spiro atoms. The lowest BCUT2D eigenvalue weighted by molar-refractivity contribution is -0.143. The topological polar surface area (TPSA) is 84.5 Å². The quantitative estimate of drug-likeness (QED) is 0.516. The fourth-order valence-electron chi connectivity index (χ4n) is 3.42. The number of nitrogens with one attached hydrogen (secondary N) is 2. The Balaban J connectivity index is 1.63. The van der Waals surface area contributed by atoms with Gasteiger partial charge in [-0.05, 0) is 55.3 Å². The van der Waals surface area contributed by atoms with Gasteiger partial charge in [-0.1, -0.05) is 12.8 Å². The molecule has 0 aliphatic heterocycles. The minimum absolute atomic E-state index is 0.0140. The molecule has 6 nitrogen and oxygen atoms in total. The van der Waals surface area contributed by atoms with Crippen LogP contribution in [0.5, 0.6) is 5.75 Å². The number of benzene rings is 2. The Kier molecular flexibility index (Phi) is 7.46. The molecular formula is C21H20F6N2O4S. The summed E-state index contributed by atoms with van der Waals surface area (Å²) in [7, 11) is -3.73. The van der Waals surface area contributed by atoms with Crippen molar-refractivity contribution in [1.82, 2.24) is 4.72 Å². The Morgan fingerprint density at radius 3 is 1.94 bits per heavy atom. The molecule has 186 valence electrons. The highest BCUT2D eigenvalue weighted by molar-refractivity contribution is 7.89. The number of anilines is 1. The van der Waals surface area contributed by atoms with Gasteiger partial charge < -0.3 is 10.1 Å². The van der Waals surface area contributed by atoms with E-state index in [0.29, 0.717) is 12.1 Å². The maximum atomic E-state index is 12.9. The number of carbonyl (C=O) groups is 1. The van der Waals surface area contributed by atoms with Crippen molar-refractivity contribution in [3.8, 4) is 5.75 Å². The second kappa shape index (κ2) is 9.82. The van der Waals surface area contributed by atoms with E-state index in [1.165, 1.54) is 24.3 Å². The number of alkyl halides is 6. The highest BCUT2D eigenvalue weighted by atomic mass is 32.2. The van der Waals surface area contributed by atoms with Crippen LogP contribution >= 0.6 is 0 Å². The molecule has 2 aromatic carbocycles. The van der Waals surface area contributed by atoms with Gasteiger partial charge >= 0.3 is 12.4 Å². The molecule has 3 rings (SSSR count). The normalized spacial score (nSPS) is 15.4. The second-order valence-electron chi connectivity index (χ2n) is 7.71. The first-order chi connectivity index (χ1) is 15.7. The van der Waals surface area contributed by atoms with E-state index in [1.54, 1.807) is 0 Å². The van der Waals surface area contributed by atoms with Gasteiger partial charge in [0.15, 0.2) is 6.61 Å². The Bertz CT molecular complexity index is 1090. The Morgan fingerprint density at radius 1 is 0.912 bits per heavy atom. The maximum Gasteiger partial charge on any atom is 0.416 e. The van der Waals surface area contributed by atoms with Gasteiger partial charge in [0.05, 0.1) is 16.0 Å². The van der Waals surface area contributed by atoms with E-state index in [1.807, 2.05) is 5.32 Å². The standard InChI is InChI=1S/C21H20F6N2O4S/c22-20(23,24)13-9-14(21(25,26)27)11-16(10-13)28-19(30)12-33-17-5-7-18(8-6-17)34(31,32)29-15-3-1-2-4-15/h5-11,15,29H,1-4,12H2,(H,28,30). The summed E-state index contributed by atoms with van der Waals surface area (Å²) < 4.78 is 110. The number of carbonyl (C=O) groups excluding carboxylic acids is 1. The summed E-state index contributed by atoms with van der Waals surface area (Å²) in [5.41, 5.74) is -3.83. The van der Waals surface area contributed by atoms with Crippen molar-refractivity contribution in [2.45, 2.75) is 49.0 Å². The summed E-state index contributed by atoms with van der Waals surface area (Å²) in [5, 5.41) is 1.94. The van der Waals surface area contributed by atoms with E-state index in [-0.39, 0.29) is 22.8 Å². The van der Waals surface area contributed by atoms with Gasteiger partial charge in [-0.15, -0.1) is 0 Å². The summed E-state index contributed by atoms with van der Waals surface area (Å²) in [6.07, 6.45) is -6.70.